The number of halogens is 1. The van der Waals surface area contributed by atoms with Crippen molar-refractivity contribution in [2.24, 2.45) is 0 Å². The van der Waals surface area contributed by atoms with E-state index in [1.54, 1.807) is 17.0 Å². The van der Waals surface area contributed by atoms with Crippen molar-refractivity contribution >= 4 is 23.2 Å². The van der Waals surface area contributed by atoms with Crippen LogP contribution in [-0.4, -0.2) is 29.3 Å². The normalized spacial score (nSPS) is 18.4. The average Bonchev–Trinajstić information content (AvgIpc) is 3.16. The lowest BCUT2D eigenvalue weighted by molar-refractivity contribution is -0.135. The van der Waals surface area contributed by atoms with E-state index in [9.17, 15) is 14.0 Å². The van der Waals surface area contributed by atoms with Gasteiger partial charge in [-0.05, 0) is 69.2 Å². The topological polar surface area (TPSA) is 52.7 Å². The number of carbonyl (C=O) groups excluding carboxylic acids is 2. The predicted octanol–water partition coefficient (Wildman–Crippen LogP) is 6.52. The van der Waals surface area contributed by atoms with Crippen molar-refractivity contribution < 1.29 is 14.0 Å². The van der Waals surface area contributed by atoms with Gasteiger partial charge >= 0.3 is 0 Å². The average molecular weight is 488 g/mol. The number of hydrogen-bond donors (Lipinski definition) is 1. The van der Waals surface area contributed by atoms with Crippen molar-refractivity contribution in [2.75, 3.05) is 16.8 Å². The van der Waals surface area contributed by atoms with Crippen molar-refractivity contribution in [3.63, 3.8) is 0 Å². The Kier molecular flexibility index (Phi) is 8.04. The van der Waals surface area contributed by atoms with E-state index in [-0.39, 0.29) is 30.2 Å². The van der Waals surface area contributed by atoms with Gasteiger partial charge in [-0.3, -0.25) is 14.5 Å². The van der Waals surface area contributed by atoms with Crippen LogP contribution in [0.3, 0.4) is 0 Å². The number of nitrogens with zero attached hydrogens (tertiary/aromatic N) is 2. The zero-order chi connectivity index (χ0) is 25.7. The van der Waals surface area contributed by atoms with Crippen LogP contribution in [0.15, 0.2) is 84.6 Å². The summed E-state index contributed by atoms with van der Waals surface area (Å²) in [7, 11) is 0. The smallest absolute Gasteiger partial charge is 0.255 e. The van der Waals surface area contributed by atoms with Gasteiger partial charge in [-0.25, -0.2) is 4.39 Å². The standard InChI is InChI=1S/C30H34FN3O2/c1-4-10-25(19-21(2)3)34(28(35)20-32-23-17-15-22(31)16-18-23)29-26-13-8-9-14-27(26)33(30(29)36)24-11-6-5-7-12-24/h4,8-10,13-19,24,29,32H,2,5-7,11-12,20H2,1,3H3/b10-4-,25-19+. The van der Waals surface area contributed by atoms with E-state index in [0.717, 1.165) is 42.5 Å². The van der Waals surface area contributed by atoms with Crippen molar-refractivity contribution in [1.29, 1.82) is 0 Å². The number of anilines is 2. The van der Waals surface area contributed by atoms with Gasteiger partial charge in [-0.1, -0.05) is 55.7 Å². The third-order valence-electron chi connectivity index (χ3n) is 6.73. The molecule has 6 heteroatoms. The maximum absolute atomic E-state index is 14.1. The van der Waals surface area contributed by atoms with E-state index in [1.807, 2.05) is 61.2 Å². The summed E-state index contributed by atoms with van der Waals surface area (Å²) in [6, 6.07) is 13.0. The second-order valence-electron chi connectivity index (χ2n) is 9.50. The number of para-hydroxylation sites is 1. The number of carbonyl (C=O) groups is 2. The molecule has 1 heterocycles. The lowest BCUT2D eigenvalue weighted by Crippen LogP contribution is -2.46. The highest BCUT2D eigenvalue weighted by molar-refractivity contribution is 6.07. The Morgan fingerprint density at radius 3 is 2.50 bits per heavy atom. The molecule has 2 aromatic rings. The molecule has 4 rings (SSSR count). The number of allylic oxidation sites excluding steroid dienone is 4. The summed E-state index contributed by atoms with van der Waals surface area (Å²) in [6.07, 6.45) is 10.9. The predicted molar refractivity (Wildman–Crippen MR) is 143 cm³/mol. The zero-order valence-electron chi connectivity index (χ0n) is 21.0. The van der Waals surface area contributed by atoms with Crippen molar-refractivity contribution in [1.82, 2.24) is 4.90 Å². The first-order chi connectivity index (χ1) is 17.4. The number of fused-ring (bicyclic) bond motifs is 1. The molecule has 1 N–H and O–H groups in total. The molecule has 1 unspecified atom stereocenters. The van der Waals surface area contributed by atoms with Crippen LogP contribution in [0.4, 0.5) is 15.8 Å². The highest BCUT2D eigenvalue weighted by Gasteiger charge is 2.45. The molecule has 1 atom stereocenters. The highest BCUT2D eigenvalue weighted by Crippen LogP contribution is 2.44. The van der Waals surface area contributed by atoms with Crippen molar-refractivity contribution in [3.8, 4) is 0 Å². The van der Waals surface area contributed by atoms with E-state index in [4.69, 9.17) is 0 Å². The SMILES string of the molecule is C=C(C)/C=C(\C=C/C)N(C(=O)CNc1ccc(F)cc1)C1C(=O)N(C2CCCCC2)c2ccccc21. The van der Waals surface area contributed by atoms with Crippen LogP contribution in [0.5, 0.6) is 0 Å². The summed E-state index contributed by atoms with van der Waals surface area (Å²) in [4.78, 5) is 31.5. The first-order valence-electron chi connectivity index (χ1n) is 12.6. The summed E-state index contributed by atoms with van der Waals surface area (Å²) < 4.78 is 13.3. The van der Waals surface area contributed by atoms with Gasteiger partial charge in [0.15, 0.2) is 0 Å². The minimum absolute atomic E-state index is 0.0495. The zero-order valence-corrected chi connectivity index (χ0v) is 21.0. The molecule has 1 aliphatic heterocycles. The second kappa shape index (κ2) is 11.4. The Bertz CT molecular complexity index is 1180. The Labute approximate surface area is 213 Å². The summed E-state index contributed by atoms with van der Waals surface area (Å²) in [5.74, 6) is -0.678. The third-order valence-corrected chi connectivity index (χ3v) is 6.73. The lowest BCUT2D eigenvalue weighted by Gasteiger charge is -2.34. The molecule has 1 saturated carbocycles. The van der Waals surface area contributed by atoms with E-state index in [0.29, 0.717) is 11.4 Å². The summed E-state index contributed by atoms with van der Waals surface area (Å²) in [6.45, 7) is 7.70. The molecule has 36 heavy (non-hydrogen) atoms. The van der Waals surface area contributed by atoms with Gasteiger partial charge in [0.25, 0.3) is 5.91 Å². The molecule has 2 aromatic carbocycles. The van der Waals surface area contributed by atoms with Crippen LogP contribution in [0.2, 0.25) is 0 Å². The van der Waals surface area contributed by atoms with Crippen LogP contribution in [0.1, 0.15) is 57.6 Å². The van der Waals surface area contributed by atoms with Crippen LogP contribution in [0, 0.1) is 5.82 Å². The number of benzene rings is 2. The lowest BCUT2D eigenvalue weighted by atomic mass is 9.94. The molecule has 1 aliphatic carbocycles. The first-order valence-corrected chi connectivity index (χ1v) is 12.6. The molecule has 0 bridgehead atoms. The van der Waals surface area contributed by atoms with Gasteiger partial charge in [0, 0.05) is 28.7 Å². The monoisotopic (exact) mass is 487 g/mol. The Hall–Kier alpha value is -3.67. The van der Waals surface area contributed by atoms with Crippen LogP contribution in [-0.2, 0) is 9.59 Å². The minimum atomic E-state index is -0.771. The summed E-state index contributed by atoms with van der Waals surface area (Å²) >= 11 is 0. The van der Waals surface area contributed by atoms with E-state index in [1.165, 1.54) is 18.6 Å². The maximum atomic E-state index is 14.1. The highest BCUT2D eigenvalue weighted by atomic mass is 19.1. The van der Waals surface area contributed by atoms with Crippen molar-refractivity contribution in [2.45, 2.75) is 58.0 Å². The molecule has 188 valence electrons. The quantitative estimate of drug-likeness (QED) is 0.431. The van der Waals surface area contributed by atoms with Gasteiger partial charge < -0.3 is 10.2 Å². The van der Waals surface area contributed by atoms with Crippen LogP contribution >= 0.6 is 0 Å². The molecule has 5 nitrogen and oxygen atoms in total. The van der Waals surface area contributed by atoms with E-state index >= 15 is 0 Å². The first kappa shape index (κ1) is 25.4. The number of hydrogen-bond acceptors (Lipinski definition) is 3. The van der Waals surface area contributed by atoms with E-state index < -0.39 is 6.04 Å². The fourth-order valence-corrected chi connectivity index (χ4v) is 5.18. The van der Waals surface area contributed by atoms with Crippen LogP contribution < -0.4 is 10.2 Å². The summed E-state index contributed by atoms with van der Waals surface area (Å²) in [5.41, 5.74) is 3.73. The Balaban J connectivity index is 1.73. The molecular formula is C30H34FN3O2. The molecule has 0 saturated heterocycles. The molecule has 2 aliphatic rings. The molecule has 0 radical (unpaired) electrons. The molecule has 2 amide bonds. The fourth-order valence-electron chi connectivity index (χ4n) is 5.18. The maximum Gasteiger partial charge on any atom is 0.255 e. The van der Waals surface area contributed by atoms with E-state index in [2.05, 4.69) is 11.9 Å². The van der Waals surface area contributed by atoms with Gasteiger partial charge in [-0.2, -0.15) is 0 Å². The number of amides is 2. The Morgan fingerprint density at radius 2 is 1.83 bits per heavy atom. The molecular weight excluding hydrogens is 453 g/mol. The minimum Gasteiger partial charge on any atom is -0.376 e. The third kappa shape index (κ3) is 5.43. The Morgan fingerprint density at radius 1 is 1.14 bits per heavy atom. The molecule has 1 fully saturated rings. The van der Waals surface area contributed by atoms with Gasteiger partial charge in [0.1, 0.15) is 11.9 Å². The number of rotatable bonds is 8. The molecule has 0 spiro atoms. The van der Waals surface area contributed by atoms with Crippen LogP contribution in [0.25, 0.3) is 0 Å². The number of nitrogens with one attached hydrogen (secondary N) is 1. The largest absolute Gasteiger partial charge is 0.376 e. The second-order valence-corrected chi connectivity index (χ2v) is 9.50. The van der Waals surface area contributed by atoms with Gasteiger partial charge in [0.05, 0.1) is 6.54 Å². The van der Waals surface area contributed by atoms with Gasteiger partial charge in [-0.15, -0.1) is 0 Å². The van der Waals surface area contributed by atoms with Gasteiger partial charge in [0.2, 0.25) is 5.91 Å². The fraction of sp³-hybridized carbons (Fsp3) is 0.333. The van der Waals surface area contributed by atoms with Crippen molar-refractivity contribution in [3.05, 3.63) is 96.0 Å². The summed E-state index contributed by atoms with van der Waals surface area (Å²) in [5, 5.41) is 3.08. The molecule has 0 aromatic heterocycles.